The van der Waals surface area contributed by atoms with Crippen LogP contribution in [-0.2, 0) is 9.59 Å². The van der Waals surface area contributed by atoms with Crippen molar-refractivity contribution in [2.45, 2.75) is 33.1 Å². The highest BCUT2D eigenvalue weighted by Crippen LogP contribution is 2.47. The maximum atomic E-state index is 12.3. The highest BCUT2D eigenvalue weighted by Gasteiger charge is 2.56. The van der Waals surface area contributed by atoms with Crippen LogP contribution in [0.4, 0.5) is 5.69 Å². The summed E-state index contributed by atoms with van der Waals surface area (Å²) in [6, 6.07) is 5.71. The van der Waals surface area contributed by atoms with Gasteiger partial charge in [-0.05, 0) is 59.8 Å². The molecule has 20 heavy (non-hydrogen) atoms. The van der Waals surface area contributed by atoms with Crippen LogP contribution in [0.5, 0.6) is 0 Å². The molecule has 1 aliphatic carbocycles. The molecule has 0 atom stereocenters. The molecule has 0 spiro atoms. The molecule has 0 radical (unpaired) electrons. The fourth-order valence-electron chi connectivity index (χ4n) is 2.05. The van der Waals surface area contributed by atoms with Gasteiger partial charge in [0, 0.05) is 11.0 Å². The summed E-state index contributed by atoms with van der Waals surface area (Å²) in [5.41, 5.74) is 0.950. The number of rotatable bonds is 5. The van der Waals surface area contributed by atoms with Gasteiger partial charge in [0.25, 0.3) is 0 Å². The summed E-state index contributed by atoms with van der Waals surface area (Å²) in [6.07, 6.45) is 2.11. The van der Waals surface area contributed by atoms with Gasteiger partial charge >= 0.3 is 0 Å². The van der Waals surface area contributed by atoms with Crippen molar-refractivity contribution in [2.75, 3.05) is 11.9 Å². The lowest BCUT2D eigenvalue weighted by Crippen LogP contribution is -2.40. The molecule has 0 aromatic heterocycles. The monoisotopic (exact) mass is 338 g/mol. The van der Waals surface area contributed by atoms with Gasteiger partial charge in [0.15, 0.2) is 0 Å². The summed E-state index contributed by atoms with van der Waals surface area (Å²) in [4.78, 5) is 24.4. The number of amides is 2. The quantitative estimate of drug-likeness (QED) is 0.811. The van der Waals surface area contributed by atoms with Gasteiger partial charge in [-0.1, -0.05) is 13.0 Å². The molecular weight excluding hydrogens is 320 g/mol. The number of benzene rings is 1. The van der Waals surface area contributed by atoms with Crippen molar-refractivity contribution in [2.24, 2.45) is 5.41 Å². The first-order valence-electron chi connectivity index (χ1n) is 6.85. The van der Waals surface area contributed by atoms with Crippen LogP contribution in [0.2, 0.25) is 0 Å². The zero-order chi connectivity index (χ0) is 14.8. The highest BCUT2D eigenvalue weighted by molar-refractivity contribution is 9.10. The van der Waals surface area contributed by atoms with Gasteiger partial charge in [-0.15, -0.1) is 0 Å². The van der Waals surface area contributed by atoms with E-state index in [0.29, 0.717) is 25.1 Å². The summed E-state index contributed by atoms with van der Waals surface area (Å²) < 4.78 is 0.829. The fourth-order valence-corrected chi connectivity index (χ4v) is 2.65. The number of aryl methyl sites for hydroxylation is 1. The molecule has 0 saturated heterocycles. The van der Waals surface area contributed by atoms with Crippen LogP contribution in [0.25, 0.3) is 0 Å². The molecule has 108 valence electrons. The number of hydrogen-bond donors (Lipinski definition) is 2. The van der Waals surface area contributed by atoms with Crippen molar-refractivity contribution < 1.29 is 9.59 Å². The standard InChI is InChI=1S/C15H19BrN2O2/c1-3-8-17-13(19)15(6-7-15)14(20)18-12-5-4-10(2)9-11(12)16/h4-5,9H,3,6-8H2,1-2H3,(H,17,19)(H,18,20). The molecule has 5 heteroatoms. The second kappa shape index (κ2) is 5.95. The molecule has 0 unspecified atom stereocenters. The van der Waals surface area contributed by atoms with Crippen molar-refractivity contribution >= 4 is 33.4 Å². The van der Waals surface area contributed by atoms with Gasteiger partial charge in [-0.25, -0.2) is 0 Å². The number of carbonyl (C=O) groups is 2. The molecule has 2 rings (SSSR count). The van der Waals surface area contributed by atoms with E-state index in [-0.39, 0.29) is 11.8 Å². The van der Waals surface area contributed by atoms with Gasteiger partial charge < -0.3 is 10.6 Å². The highest BCUT2D eigenvalue weighted by atomic mass is 79.9. The van der Waals surface area contributed by atoms with Gasteiger partial charge in [-0.2, -0.15) is 0 Å². The predicted octanol–water partition coefficient (Wildman–Crippen LogP) is 3.00. The van der Waals surface area contributed by atoms with E-state index in [9.17, 15) is 9.59 Å². The van der Waals surface area contributed by atoms with Crippen molar-refractivity contribution in [3.63, 3.8) is 0 Å². The first-order chi connectivity index (χ1) is 9.49. The number of hydrogen-bond acceptors (Lipinski definition) is 2. The van der Waals surface area contributed by atoms with Gasteiger partial charge in [-0.3, -0.25) is 9.59 Å². The smallest absolute Gasteiger partial charge is 0.240 e. The zero-order valence-electron chi connectivity index (χ0n) is 11.8. The normalized spacial score (nSPS) is 15.6. The van der Waals surface area contributed by atoms with E-state index in [2.05, 4.69) is 26.6 Å². The van der Waals surface area contributed by atoms with E-state index < -0.39 is 5.41 Å². The van der Waals surface area contributed by atoms with E-state index in [1.165, 1.54) is 0 Å². The Kier molecular flexibility index (Phi) is 4.48. The molecule has 4 nitrogen and oxygen atoms in total. The summed E-state index contributed by atoms with van der Waals surface area (Å²) in [5.74, 6) is -0.365. The minimum atomic E-state index is -0.862. The van der Waals surface area contributed by atoms with Crippen molar-refractivity contribution in [1.82, 2.24) is 5.32 Å². The number of nitrogens with one attached hydrogen (secondary N) is 2. The Morgan fingerprint density at radius 3 is 2.55 bits per heavy atom. The topological polar surface area (TPSA) is 58.2 Å². The minimum Gasteiger partial charge on any atom is -0.355 e. The molecule has 1 aromatic carbocycles. The number of carbonyl (C=O) groups excluding carboxylic acids is 2. The predicted molar refractivity (Wildman–Crippen MR) is 82.5 cm³/mol. The lowest BCUT2D eigenvalue weighted by atomic mass is 10.0. The summed E-state index contributed by atoms with van der Waals surface area (Å²) >= 11 is 3.43. The zero-order valence-corrected chi connectivity index (χ0v) is 13.3. The maximum Gasteiger partial charge on any atom is 0.240 e. The van der Waals surface area contributed by atoms with Crippen LogP contribution in [0.1, 0.15) is 31.7 Å². The Balaban J connectivity index is 2.06. The SMILES string of the molecule is CCCNC(=O)C1(C(=O)Nc2ccc(C)cc2Br)CC1. The molecule has 1 fully saturated rings. The van der Waals surface area contributed by atoms with E-state index >= 15 is 0 Å². The molecule has 1 saturated carbocycles. The van der Waals surface area contributed by atoms with Crippen LogP contribution in [0, 0.1) is 12.3 Å². The molecule has 1 aromatic rings. The van der Waals surface area contributed by atoms with Crippen LogP contribution >= 0.6 is 15.9 Å². The Labute approximate surface area is 127 Å². The van der Waals surface area contributed by atoms with Gasteiger partial charge in [0.2, 0.25) is 11.8 Å². The van der Waals surface area contributed by atoms with Gasteiger partial charge in [0.1, 0.15) is 5.41 Å². The molecule has 1 aliphatic rings. The first kappa shape index (κ1) is 15.0. The second-order valence-corrected chi connectivity index (χ2v) is 6.13. The van der Waals surface area contributed by atoms with E-state index in [4.69, 9.17) is 0 Å². The number of halogens is 1. The summed E-state index contributed by atoms with van der Waals surface area (Å²) in [6.45, 7) is 4.59. The third-order valence-electron chi connectivity index (χ3n) is 3.53. The van der Waals surface area contributed by atoms with Crippen molar-refractivity contribution in [3.8, 4) is 0 Å². The third-order valence-corrected chi connectivity index (χ3v) is 4.18. The van der Waals surface area contributed by atoms with Crippen molar-refractivity contribution in [3.05, 3.63) is 28.2 Å². The summed E-state index contributed by atoms with van der Waals surface area (Å²) in [7, 11) is 0. The van der Waals surface area contributed by atoms with Crippen LogP contribution in [0.3, 0.4) is 0 Å². The number of anilines is 1. The first-order valence-corrected chi connectivity index (χ1v) is 7.65. The molecule has 2 amide bonds. The van der Waals surface area contributed by atoms with E-state index in [1.807, 2.05) is 32.0 Å². The van der Waals surface area contributed by atoms with Gasteiger partial charge in [0.05, 0.1) is 5.69 Å². The maximum absolute atomic E-state index is 12.3. The average Bonchev–Trinajstić information content (AvgIpc) is 3.20. The molecule has 0 aliphatic heterocycles. The van der Waals surface area contributed by atoms with E-state index in [1.54, 1.807) is 0 Å². The van der Waals surface area contributed by atoms with Crippen LogP contribution < -0.4 is 10.6 Å². The second-order valence-electron chi connectivity index (χ2n) is 5.28. The lowest BCUT2D eigenvalue weighted by molar-refractivity contribution is -0.134. The molecular formula is C15H19BrN2O2. The van der Waals surface area contributed by atoms with Crippen LogP contribution in [0.15, 0.2) is 22.7 Å². The lowest BCUT2D eigenvalue weighted by Gasteiger charge is -2.16. The van der Waals surface area contributed by atoms with Crippen molar-refractivity contribution in [1.29, 1.82) is 0 Å². The molecule has 2 N–H and O–H groups in total. The molecule has 0 bridgehead atoms. The largest absolute Gasteiger partial charge is 0.355 e. The van der Waals surface area contributed by atoms with Crippen LogP contribution in [-0.4, -0.2) is 18.4 Å². The Bertz CT molecular complexity index is 539. The Hall–Kier alpha value is -1.36. The Morgan fingerprint density at radius 1 is 1.30 bits per heavy atom. The van der Waals surface area contributed by atoms with E-state index in [0.717, 1.165) is 16.5 Å². The average molecular weight is 339 g/mol. The Morgan fingerprint density at radius 2 is 2.00 bits per heavy atom. The summed E-state index contributed by atoms with van der Waals surface area (Å²) in [5, 5.41) is 5.66. The molecule has 0 heterocycles. The third kappa shape index (κ3) is 3.03. The fraction of sp³-hybridized carbons (Fsp3) is 0.467. The minimum absolute atomic E-state index is 0.153.